The molecule has 1 atom stereocenters. The third kappa shape index (κ3) is 6.10. The van der Waals surface area contributed by atoms with Crippen molar-refractivity contribution in [2.75, 3.05) is 6.54 Å². The molecule has 0 saturated heterocycles. The highest BCUT2D eigenvalue weighted by Gasteiger charge is 2.22. The van der Waals surface area contributed by atoms with Gasteiger partial charge in [-0.25, -0.2) is 0 Å². The SMILES string of the molecule is [CH]C(=O)NC(C(=O)NCCCC)C(C)C. The normalized spacial score (nSPS) is 12.3. The molecule has 0 rings (SSSR count). The van der Waals surface area contributed by atoms with Crippen molar-refractivity contribution < 1.29 is 9.59 Å². The number of hydrogen-bond acceptors (Lipinski definition) is 2. The highest BCUT2D eigenvalue weighted by atomic mass is 16.2. The lowest BCUT2D eigenvalue weighted by Gasteiger charge is -2.20. The molecule has 0 aliphatic heterocycles. The van der Waals surface area contributed by atoms with Crippen LogP contribution in [0.1, 0.15) is 33.6 Å². The largest absolute Gasteiger partial charge is 0.354 e. The summed E-state index contributed by atoms with van der Waals surface area (Å²) in [6.07, 6.45) is 1.96. The zero-order chi connectivity index (χ0) is 11.8. The summed E-state index contributed by atoms with van der Waals surface area (Å²) < 4.78 is 0. The van der Waals surface area contributed by atoms with Crippen molar-refractivity contribution in [2.24, 2.45) is 5.92 Å². The van der Waals surface area contributed by atoms with Gasteiger partial charge in [0.1, 0.15) is 6.04 Å². The third-order valence-corrected chi connectivity index (χ3v) is 2.08. The van der Waals surface area contributed by atoms with Crippen LogP contribution >= 0.6 is 0 Å². The van der Waals surface area contributed by atoms with Crippen molar-refractivity contribution in [3.05, 3.63) is 6.92 Å². The van der Waals surface area contributed by atoms with Crippen LogP contribution < -0.4 is 10.6 Å². The minimum absolute atomic E-state index is 0.0270. The lowest BCUT2D eigenvalue weighted by atomic mass is 10.0. The Hall–Kier alpha value is -1.06. The predicted molar refractivity (Wildman–Crippen MR) is 59.0 cm³/mol. The van der Waals surface area contributed by atoms with Gasteiger partial charge in [-0.2, -0.15) is 0 Å². The summed E-state index contributed by atoms with van der Waals surface area (Å²) in [5, 5.41) is 5.19. The van der Waals surface area contributed by atoms with E-state index in [2.05, 4.69) is 10.6 Å². The van der Waals surface area contributed by atoms with Crippen molar-refractivity contribution in [2.45, 2.75) is 39.7 Å². The van der Waals surface area contributed by atoms with Crippen molar-refractivity contribution in [3.8, 4) is 0 Å². The number of rotatable bonds is 6. The van der Waals surface area contributed by atoms with Gasteiger partial charge in [-0.1, -0.05) is 27.2 Å². The first kappa shape index (κ1) is 13.9. The number of carbonyl (C=O) groups excluding carboxylic acids is 2. The van der Waals surface area contributed by atoms with E-state index in [1.807, 2.05) is 20.8 Å². The predicted octanol–water partition coefficient (Wildman–Crippen LogP) is 0.755. The molecule has 0 aromatic heterocycles. The molecule has 0 aromatic rings. The second-order valence-corrected chi connectivity index (χ2v) is 3.87. The maximum atomic E-state index is 11.6. The van der Waals surface area contributed by atoms with Crippen molar-refractivity contribution in [1.82, 2.24) is 10.6 Å². The lowest BCUT2D eigenvalue weighted by molar-refractivity contribution is -0.128. The fourth-order valence-electron chi connectivity index (χ4n) is 1.19. The average molecular weight is 212 g/mol. The smallest absolute Gasteiger partial charge is 0.242 e. The van der Waals surface area contributed by atoms with Crippen LogP contribution in [0, 0.1) is 12.8 Å². The van der Waals surface area contributed by atoms with E-state index in [0.29, 0.717) is 6.54 Å². The maximum absolute atomic E-state index is 11.6. The molecule has 2 radical (unpaired) electrons. The second kappa shape index (κ2) is 7.26. The van der Waals surface area contributed by atoms with Crippen LogP contribution in [-0.2, 0) is 9.59 Å². The monoisotopic (exact) mass is 212 g/mol. The van der Waals surface area contributed by atoms with Gasteiger partial charge in [0, 0.05) is 6.54 Å². The molecule has 86 valence electrons. The molecule has 0 aliphatic carbocycles. The van der Waals surface area contributed by atoms with Gasteiger partial charge < -0.3 is 10.6 Å². The van der Waals surface area contributed by atoms with Gasteiger partial charge in [-0.3, -0.25) is 9.59 Å². The second-order valence-electron chi connectivity index (χ2n) is 3.87. The van der Waals surface area contributed by atoms with E-state index in [1.54, 1.807) is 0 Å². The van der Waals surface area contributed by atoms with Crippen LogP contribution in [0.15, 0.2) is 0 Å². The van der Waals surface area contributed by atoms with E-state index in [4.69, 9.17) is 6.92 Å². The van der Waals surface area contributed by atoms with Crippen LogP contribution in [0.25, 0.3) is 0 Å². The molecule has 1 unspecified atom stereocenters. The van der Waals surface area contributed by atoms with Crippen molar-refractivity contribution in [3.63, 3.8) is 0 Å². The summed E-state index contributed by atoms with van der Waals surface area (Å²) in [5.41, 5.74) is 0. The molecule has 0 fully saturated rings. The highest BCUT2D eigenvalue weighted by molar-refractivity contribution is 5.89. The van der Waals surface area contributed by atoms with Crippen molar-refractivity contribution in [1.29, 1.82) is 0 Å². The van der Waals surface area contributed by atoms with Crippen molar-refractivity contribution >= 4 is 11.8 Å². The van der Waals surface area contributed by atoms with E-state index in [0.717, 1.165) is 12.8 Å². The van der Waals surface area contributed by atoms with Gasteiger partial charge in [-0.05, 0) is 12.3 Å². The molecule has 0 heterocycles. The van der Waals surface area contributed by atoms with Crippen LogP contribution in [0.5, 0.6) is 0 Å². The first-order valence-corrected chi connectivity index (χ1v) is 5.32. The summed E-state index contributed by atoms with van der Waals surface area (Å²) in [4.78, 5) is 22.3. The fourth-order valence-corrected chi connectivity index (χ4v) is 1.19. The number of carbonyl (C=O) groups is 2. The Kier molecular flexibility index (Phi) is 6.75. The Morgan fingerprint density at radius 1 is 1.33 bits per heavy atom. The first-order chi connectivity index (χ1) is 6.99. The van der Waals surface area contributed by atoms with Crippen LogP contribution in [0.4, 0.5) is 0 Å². The minimum Gasteiger partial charge on any atom is -0.354 e. The number of nitrogens with one attached hydrogen (secondary N) is 2. The quantitative estimate of drug-likeness (QED) is 0.638. The van der Waals surface area contributed by atoms with Gasteiger partial charge in [0.25, 0.3) is 0 Å². The zero-order valence-electron chi connectivity index (χ0n) is 9.67. The van der Waals surface area contributed by atoms with Crippen LogP contribution in [0.3, 0.4) is 0 Å². The third-order valence-electron chi connectivity index (χ3n) is 2.08. The van der Waals surface area contributed by atoms with Gasteiger partial charge >= 0.3 is 0 Å². The molecule has 0 bridgehead atoms. The van der Waals surface area contributed by atoms with Gasteiger partial charge in [-0.15, -0.1) is 0 Å². The van der Waals surface area contributed by atoms with E-state index < -0.39 is 11.9 Å². The molecule has 0 saturated carbocycles. The molecule has 0 aliphatic rings. The van der Waals surface area contributed by atoms with Gasteiger partial charge in [0.2, 0.25) is 11.8 Å². The molecule has 15 heavy (non-hydrogen) atoms. The molecule has 2 amide bonds. The minimum atomic E-state index is -0.667. The highest BCUT2D eigenvalue weighted by Crippen LogP contribution is 2.01. The maximum Gasteiger partial charge on any atom is 0.242 e. The summed E-state index contributed by atoms with van der Waals surface area (Å²) >= 11 is 0. The summed E-state index contributed by atoms with van der Waals surface area (Å²) in [6, 6.07) is -0.542. The van der Waals surface area contributed by atoms with E-state index in [9.17, 15) is 9.59 Å². The van der Waals surface area contributed by atoms with E-state index in [1.165, 1.54) is 0 Å². The van der Waals surface area contributed by atoms with Crippen LogP contribution in [0.2, 0.25) is 0 Å². The molecule has 0 aromatic carbocycles. The lowest BCUT2D eigenvalue weighted by Crippen LogP contribution is -2.49. The Morgan fingerprint density at radius 2 is 1.93 bits per heavy atom. The molecular formula is C11H20N2O2. The number of hydrogen-bond donors (Lipinski definition) is 2. The van der Waals surface area contributed by atoms with Gasteiger partial charge in [0.15, 0.2) is 0 Å². The molecule has 0 spiro atoms. The summed E-state index contributed by atoms with van der Waals surface area (Å²) in [7, 11) is 0. The fraction of sp³-hybridized carbons (Fsp3) is 0.727. The topological polar surface area (TPSA) is 58.2 Å². The van der Waals surface area contributed by atoms with E-state index in [-0.39, 0.29) is 11.8 Å². The Labute approximate surface area is 91.8 Å². The molecular weight excluding hydrogens is 192 g/mol. The first-order valence-electron chi connectivity index (χ1n) is 5.32. The van der Waals surface area contributed by atoms with Crippen LogP contribution in [-0.4, -0.2) is 24.4 Å². The summed E-state index contributed by atoms with van der Waals surface area (Å²) in [5.74, 6) is -0.810. The molecule has 4 heteroatoms. The standard InChI is InChI=1S/C11H20N2O2/c1-5-6-7-12-11(15)10(8(2)3)13-9(4)14/h4,8,10H,5-7H2,1-3H3,(H,12,15)(H,13,14). The Bertz CT molecular complexity index is 215. The summed E-state index contributed by atoms with van der Waals surface area (Å²) in [6.45, 7) is 11.4. The van der Waals surface area contributed by atoms with E-state index >= 15 is 0 Å². The van der Waals surface area contributed by atoms with Gasteiger partial charge in [0.05, 0.1) is 6.92 Å². The molecule has 2 N–H and O–H groups in total. The molecule has 4 nitrogen and oxygen atoms in total. The average Bonchev–Trinajstić information content (AvgIpc) is 2.13. The number of unbranched alkanes of at least 4 members (excludes halogenated alkanes) is 1. The Balaban J connectivity index is 4.11. The Morgan fingerprint density at radius 3 is 2.33 bits per heavy atom. The number of amides is 2. The zero-order valence-corrected chi connectivity index (χ0v) is 9.67.